The lowest BCUT2D eigenvalue weighted by molar-refractivity contribution is -0.138. The van der Waals surface area contributed by atoms with Gasteiger partial charge in [0.05, 0.1) is 6.42 Å². The smallest absolute Gasteiger partial charge is 0.303 e. The van der Waals surface area contributed by atoms with Crippen LogP contribution in [-0.4, -0.2) is 17.0 Å². The number of benzene rings is 1. The Kier molecular flexibility index (Phi) is 3.97. The van der Waals surface area contributed by atoms with E-state index >= 15 is 0 Å². The molecule has 4 nitrogen and oxygen atoms in total. The Bertz CT molecular complexity index is 468. The molecule has 2 N–H and O–H groups in total. The molecule has 0 heterocycles. The zero-order valence-corrected chi connectivity index (χ0v) is 10.2. The average molecular weight is 247 g/mol. The summed E-state index contributed by atoms with van der Waals surface area (Å²) < 4.78 is 0. The van der Waals surface area contributed by atoms with E-state index < -0.39 is 5.97 Å². The molecule has 0 unspecified atom stereocenters. The van der Waals surface area contributed by atoms with Crippen LogP contribution in [0.4, 0.5) is 5.69 Å². The highest BCUT2D eigenvalue weighted by Crippen LogP contribution is 2.27. The number of nitrogens with one attached hydrogen (secondary N) is 1. The van der Waals surface area contributed by atoms with Gasteiger partial charge in [-0.2, -0.15) is 0 Å². The van der Waals surface area contributed by atoms with Crippen LogP contribution in [0.1, 0.15) is 36.8 Å². The zero-order chi connectivity index (χ0) is 13.0. The third kappa shape index (κ3) is 3.09. The topological polar surface area (TPSA) is 66.4 Å². The van der Waals surface area contributed by atoms with E-state index in [1.165, 1.54) is 17.5 Å². The number of rotatable bonds is 4. The molecule has 1 amide bonds. The molecule has 0 aromatic heterocycles. The molecule has 0 atom stereocenters. The molecule has 0 bridgehead atoms. The lowest BCUT2D eigenvalue weighted by Crippen LogP contribution is -2.16. The first-order valence-electron chi connectivity index (χ1n) is 6.29. The molecule has 0 radical (unpaired) electrons. The number of anilines is 1. The maximum absolute atomic E-state index is 11.6. The Morgan fingerprint density at radius 1 is 1.17 bits per heavy atom. The van der Waals surface area contributed by atoms with Gasteiger partial charge < -0.3 is 10.4 Å². The minimum Gasteiger partial charge on any atom is -0.481 e. The second-order valence-corrected chi connectivity index (χ2v) is 4.59. The van der Waals surface area contributed by atoms with Crippen molar-refractivity contribution < 1.29 is 14.7 Å². The molecule has 18 heavy (non-hydrogen) atoms. The number of carbonyl (C=O) groups is 2. The summed E-state index contributed by atoms with van der Waals surface area (Å²) in [5, 5.41) is 11.4. The molecule has 1 aliphatic rings. The minimum absolute atomic E-state index is 0.0268. The Morgan fingerprint density at radius 2 is 1.94 bits per heavy atom. The van der Waals surface area contributed by atoms with Gasteiger partial charge in [-0.15, -0.1) is 0 Å². The van der Waals surface area contributed by atoms with Crippen LogP contribution in [0.25, 0.3) is 0 Å². The first kappa shape index (κ1) is 12.6. The number of fused-ring (bicyclic) bond motifs is 1. The summed E-state index contributed by atoms with van der Waals surface area (Å²) >= 11 is 0. The van der Waals surface area contributed by atoms with E-state index in [1.807, 2.05) is 12.1 Å². The Morgan fingerprint density at radius 3 is 2.72 bits per heavy atom. The number of aryl methyl sites for hydroxylation is 1. The van der Waals surface area contributed by atoms with Crippen molar-refractivity contribution >= 4 is 17.6 Å². The van der Waals surface area contributed by atoms with Crippen LogP contribution in [0.2, 0.25) is 0 Å². The SMILES string of the molecule is O=C(O)CCC(=O)Nc1cccc2c1CCCC2. The standard InChI is InChI=1S/C14H17NO3/c16-13(8-9-14(17)18)15-12-7-3-5-10-4-1-2-6-11(10)12/h3,5,7H,1-2,4,6,8-9H2,(H,15,16)(H,17,18). The number of hydrogen-bond donors (Lipinski definition) is 2. The third-order valence-corrected chi connectivity index (χ3v) is 3.24. The van der Waals surface area contributed by atoms with Gasteiger partial charge in [-0.1, -0.05) is 12.1 Å². The van der Waals surface area contributed by atoms with Crippen molar-refractivity contribution in [2.24, 2.45) is 0 Å². The van der Waals surface area contributed by atoms with Gasteiger partial charge in [0, 0.05) is 12.1 Å². The highest BCUT2D eigenvalue weighted by molar-refractivity contribution is 5.93. The molecule has 2 rings (SSSR count). The van der Waals surface area contributed by atoms with Crippen LogP contribution < -0.4 is 5.32 Å². The van der Waals surface area contributed by atoms with Crippen molar-refractivity contribution in [3.05, 3.63) is 29.3 Å². The predicted octanol–water partition coefficient (Wildman–Crippen LogP) is 2.37. The van der Waals surface area contributed by atoms with Crippen LogP contribution in [-0.2, 0) is 22.4 Å². The minimum atomic E-state index is -0.944. The van der Waals surface area contributed by atoms with Crippen LogP contribution in [0.15, 0.2) is 18.2 Å². The van der Waals surface area contributed by atoms with Crippen molar-refractivity contribution in [3.63, 3.8) is 0 Å². The van der Waals surface area contributed by atoms with Crippen molar-refractivity contribution in [2.45, 2.75) is 38.5 Å². The molecule has 1 aliphatic carbocycles. The summed E-state index contributed by atoms with van der Waals surface area (Å²) in [5.74, 6) is -1.17. The highest BCUT2D eigenvalue weighted by atomic mass is 16.4. The zero-order valence-electron chi connectivity index (χ0n) is 10.2. The Hall–Kier alpha value is -1.84. The van der Waals surface area contributed by atoms with E-state index in [0.717, 1.165) is 24.9 Å². The Balaban J connectivity index is 2.05. The maximum atomic E-state index is 11.6. The molecular weight excluding hydrogens is 230 g/mol. The average Bonchev–Trinajstić information content (AvgIpc) is 2.37. The van der Waals surface area contributed by atoms with Gasteiger partial charge >= 0.3 is 5.97 Å². The molecule has 0 saturated heterocycles. The summed E-state index contributed by atoms with van der Waals surface area (Å²) in [5.41, 5.74) is 3.37. The summed E-state index contributed by atoms with van der Waals surface area (Å²) in [4.78, 5) is 22.0. The molecule has 96 valence electrons. The van der Waals surface area contributed by atoms with E-state index in [4.69, 9.17) is 5.11 Å². The fourth-order valence-electron chi connectivity index (χ4n) is 2.33. The van der Waals surface area contributed by atoms with E-state index in [-0.39, 0.29) is 18.7 Å². The van der Waals surface area contributed by atoms with Crippen LogP contribution in [0, 0.1) is 0 Å². The number of carboxylic acid groups (broad SMARTS) is 1. The fraction of sp³-hybridized carbons (Fsp3) is 0.429. The second kappa shape index (κ2) is 5.67. The van der Waals surface area contributed by atoms with Crippen molar-refractivity contribution in [2.75, 3.05) is 5.32 Å². The molecule has 0 spiro atoms. The third-order valence-electron chi connectivity index (χ3n) is 3.24. The van der Waals surface area contributed by atoms with E-state index in [0.29, 0.717) is 0 Å². The number of amides is 1. The van der Waals surface area contributed by atoms with Gasteiger partial charge in [-0.25, -0.2) is 0 Å². The summed E-state index contributed by atoms with van der Waals surface area (Å²) in [6, 6.07) is 5.93. The lowest BCUT2D eigenvalue weighted by atomic mass is 9.90. The summed E-state index contributed by atoms with van der Waals surface area (Å²) in [6.07, 6.45) is 4.30. The quantitative estimate of drug-likeness (QED) is 0.858. The van der Waals surface area contributed by atoms with Crippen LogP contribution in [0.3, 0.4) is 0 Å². The van der Waals surface area contributed by atoms with E-state index in [2.05, 4.69) is 11.4 Å². The normalized spacial score (nSPS) is 13.8. The number of carboxylic acids is 1. The predicted molar refractivity (Wildman–Crippen MR) is 68.6 cm³/mol. The monoisotopic (exact) mass is 247 g/mol. The van der Waals surface area contributed by atoms with Crippen molar-refractivity contribution in [1.82, 2.24) is 0 Å². The molecule has 4 heteroatoms. The van der Waals surface area contributed by atoms with Crippen molar-refractivity contribution in [1.29, 1.82) is 0 Å². The number of aliphatic carboxylic acids is 1. The maximum Gasteiger partial charge on any atom is 0.303 e. The first-order chi connectivity index (χ1) is 8.66. The van der Waals surface area contributed by atoms with Crippen molar-refractivity contribution in [3.8, 4) is 0 Å². The molecule has 1 aromatic rings. The molecule has 0 fully saturated rings. The van der Waals surface area contributed by atoms with Gasteiger partial charge in [0.15, 0.2) is 0 Å². The molecule has 0 aliphatic heterocycles. The number of hydrogen-bond acceptors (Lipinski definition) is 2. The van der Waals surface area contributed by atoms with E-state index in [1.54, 1.807) is 0 Å². The first-order valence-corrected chi connectivity index (χ1v) is 6.29. The lowest BCUT2D eigenvalue weighted by Gasteiger charge is -2.19. The highest BCUT2D eigenvalue weighted by Gasteiger charge is 2.14. The van der Waals surface area contributed by atoms with Gasteiger partial charge in [0.25, 0.3) is 0 Å². The van der Waals surface area contributed by atoms with E-state index in [9.17, 15) is 9.59 Å². The molecule has 0 saturated carbocycles. The Labute approximate surface area is 106 Å². The summed E-state index contributed by atoms with van der Waals surface area (Å²) in [7, 11) is 0. The second-order valence-electron chi connectivity index (χ2n) is 4.59. The van der Waals surface area contributed by atoms with Crippen LogP contribution in [0.5, 0.6) is 0 Å². The van der Waals surface area contributed by atoms with Gasteiger partial charge in [-0.3, -0.25) is 9.59 Å². The molecule has 1 aromatic carbocycles. The molecular formula is C14H17NO3. The largest absolute Gasteiger partial charge is 0.481 e. The number of carbonyl (C=O) groups excluding carboxylic acids is 1. The van der Waals surface area contributed by atoms with Gasteiger partial charge in [0.2, 0.25) is 5.91 Å². The summed E-state index contributed by atoms with van der Waals surface area (Å²) in [6.45, 7) is 0. The fourth-order valence-corrected chi connectivity index (χ4v) is 2.33. The van der Waals surface area contributed by atoms with Crippen LogP contribution >= 0.6 is 0 Å². The van der Waals surface area contributed by atoms with Gasteiger partial charge in [-0.05, 0) is 42.9 Å². The van der Waals surface area contributed by atoms with Gasteiger partial charge in [0.1, 0.15) is 0 Å².